The van der Waals surface area contributed by atoms with Gasteiger partial charge < -0.3 is 24.7 Å². The predicted molar refractivity (Wildman–Crippen MR) is 155 cm³/mol. The second-order valence-corrected chi connectivity index (χ2v) is 11.5. The first-order chi connectivity index (χ1) is 19.9. The van der Waals surface area contributed by atoms with Gasteiger partial charge in [-0.25, -0.2) is 15.0 Å². The van der Waals surface area contributed by atoms with Crippen molar-refractivity contribution in [1.29, 1.82) is 0 Å². The summed E-state index contributed by atoms with van der Waals surface area (Å²) in [6, 6.07) is 11.5. The fraction of sp³-hybridized carbons (Fsp3) is 0.367. The molecule has 2 amide bonds. The average Bonchev–Trinajstić information content (AvgIpc) is 3.90. The first-order valence-electron chi connectivity index (χ1n) is 14.0. The predicted octanol–water partition coefficient (Wildman–Crippen LogP) is 4.76. The molecule has 1 aromatic carbocycles. The summed E-state index contributed by atoms with van der Waals surface area (Å²) in [6.45, 7) is 3.20. The lowest BCUT2D eigenvalue weighted by atomic mass is 10.1. The lowest BCUT2D eigenvalue weighted by Crippen LogP contribution is -2.46. The van der Waals surface area contributed by atoms with Gasteiger partial charge >= 0.3 is 0 Å². The van der Waals surface area contributed by atoms with E-state index in [-0.39, 0.29) is 23.7 Å². The third-order valence-electron chi connectivity index (χ3n) is 8.01. The number of carbonyl (C=O) groups is 2. The number of anilines is 3. The smallest absolute Gasteiger partial charge is 0.256 e. The zero-order valence-electron chi connectivity index (χ0n) is 22.6. The quantitative estimate of drug-likeness (QED) is 0.313. The number of carbonyl (C=O) groups excluding carboxylic acids is 2. The molecule has 10 nitrogen and oxygen atoms in total. The highest BCUT2D eigenvalue weighted by Gasteiger charge is 2.44. The maximum Gasteiger partial charge on any atom is 0.256 e. The van der Waals surface area contributed by atoms with E-state index in [1.165, 1.54) is 11.9 Å². The fourth-order valence-electron chi connectivity index (χ4n) is 5.55. The van der Waals surface area contributed by atoms with Crippen molar-refractivity contribution in [2.45, 2.75) is 50.7 Å². The van der Waals surface area contributed by atoms with Crippen molar-refractivity contribution in [1.82, 2.24) is 19.4 Å². The zero-order chi connectivity index (χ0) is 28.1. The molecule has 3 atom stereocenters. The van der Waals surface area contributed by atoms with Crippen LogP contribution in [0.2, 0.25) is 5.02 Å². The summed E-state index contributed by atoms with van der Waals surface area (Å²) < 4.78 is 7.56. The van der Waals surface area contributed by atoms with Gasteiger partial charge in [0.25, 0.3) is 5.91 Å². The summed E-state index contributed by atoms with van der Waals surface area (Å²) in [4.78, 5) is 41.0. The van der Waals surface area contributed by atoms with E-state index in [2.05, 4.69) is 32.9 Å². The lowest BCUT2D eigenvalue weighted by molar-refractivity contribution is -0.132. The highest BCUT2D eigenvalue weighted by atomic mass is 35.5. The van der Waals surface area contributed by atoms with Crippen LogP contribution in [0.15, 0.2) is 55.1 Å². The normalized spacial score (nSPS) is 22.1. The van der Waals surface area contributed by atoms with E-state index in [1.54, 1.807) is 17.9 Å². The van der Waals surface area contributed by atoms with E-state index in [0.29, 0.717) is 42.3 Å². The molecule has 4 aromatic rings. The molecule has 11 heteroatoms. The summed E-state index contributed by atoms with van der Waals surface area (Å²) in [5.74, 6) is 1.50. The number of pyridine rings is 1. The van der Waals surface area contributed by atoms with E-state index >= 15 is 0 Å². The Morgan fingerprint density at radius 1 is 1.12 bits per heavy atom. The van der Waals surface area contributed by atoms with Gasteiger partial charge in [-0.3, -0.25) is 9.59 Å². The largest absolute Gasteiger partial charge is 0.367 e. The van der Waals surface area contributed by atoms with Crippen LogP contribution in [-0.2, 0) is 20.9 Å². The Kier molecular flexibility index (Phi) is 6.59. The van der Waals surface area contributed by atoms with Gasteiger partial charge in [0.2, 0.25) is 5.91 Å². The second kappa shape index (κ2) is 10.4. The first kappa shape index (κ1) is 25.9. The van der Waals surface area contributed by atoms with Crippen LogP contribution in [0.1, 0.15) is 54.8 Å². The number of fused-ring (bicyclic) bond motifs is 1. The number of hydrogen-bond donors (Lipinski definition) is 2. The molecule has 2 aliphatic carbocycles. The van der Waals surface area contributed by atoms with E-state index in [0.717, 1.165) is 41.9 Å². The molecule has 2 N–H and O–H groups in total. The Hall–Kier alpha value is -4.02. The number of nitrogens with one attached hydrogen (secondary N) is 2. The molecule has 2 saturated carbocycles. The summed E-state index contributed by atoms with van der Waals surface area (Å²) in [5, 5.41) is 6.89. The number of aromatic nitrogens is 4. The number of rotatable bonds is 8. The number of amides is 2. The van der Waals surface area contributed by atoms with E-state index < -0.39 is 6.10 Å². The number of nitrogens with zero attached hydrogens (tertiary/aromatic N) is 5. The molecule has 0 bridgehead atoms. The van der Waals surface area contributed by atoms with Crippen LogP contribution in [0.3, 0.4) is 0 Å². The standard InChI is InChI=1S/C30H30ClN7O3/c1-17-30(40)38(7-8-41-17)25-10-20(18-5-6-18)14-37-15-22(35-28(25)37)13-32-26-12-27(34-16-33-26)36-29(39)24-11-23(24)19-3-2-4-21(31)9-19/h2-4,9-10,12,14-18,23-24H,5-8,11,13H2,1H3,(H2,32,33,34,36,39). The van der Waals surface area contributed by atoms with Crippen molar-refractivity contribution < 1.29 is 14.3 Å². The van der Waals surface area contributed by atoms with Crippen molar-refractivity contribution in [3.63, 3.8) is 0 Å². The zero-order valence-corrected chi connectivity index (χ0v) is 23.3. The monoisotopic (exact) mass is 571 g/mol. The fourth-order valence-corrected chi connectivity index (χ4v) is 5.75. The molecule has 0 spiro atoms. The van der Waals surface area contributed by atoms with Gasteiger partial charge in [-0.15, -0.1) is 0 Å². The number of benzene rings is 1. The molecule has 1 saturated heterocycles. The summed E-state index contributed by atoms with van der Waals surface area (Å²) in [6.07, 6.45) is 8.17. The molecular formula is C30H30ClN7O3. The topological polar surface area (TPSA) is 114 Å². The maximum absolute atomic E-state index is 12.9. The Morgan fingerprint density at radius 2 is 1.98 bits per heavy atom. The van der Waals surface area contributed by atoms with Crippen LogP contribution in [0, 0.1) is 5.92 Å². The molecule has 4 heterocycles. The molecule has 3 fully saturated rings. The first-order valence-corrected chi connectivity index (χ1v) is 14.4. The molecule has 7 rings (SSSR count). The van der Waals surface area contributed by atoms with Crippen LogP contribution in [0.5, 0.6) is 0 Å². The summed E-state index contributed by atoms with van der Waals surface area (Å²) in [5.41, 5.74) is 4.67. The third-order valence-corrected chi connectivity index (χ3v) is 8.25. The van der Waals surface area contributed by atoms with Gasteiger partial charge in [0.05, 0.1) is 24.5 Å². The second-order valence-electron chi connectivity index (χ2n) is 11.0. The van der Waals surface area contributed by atoms with Gasteiger partial charge in [-0.2, -0.15) is 0 Å². The Bertz CT molecular complexity index is 1650. The Labute approximate surface area is 242 Å². The van der Waals surface area contributed by atoms with Gasteiger partial charge in [-0.1, -0.05) is 23.7 Å². The number of imidazole rings is 1. The minimum atomic E-state index is -0.473. The number of halogens is 1. The van der Waals surface area contributed by atoms with Crippen LogP contribution < -0.4 is 15.5 Å². The SMILES string of the molecule is CC1OCCN(c2cc(C3CC3)cn3cc(CNc4cc(NC(=O)C5CC5c5cccc(Cl)c5)ncn4)nc23)C1=O. The molecular weight excluding hydrogens is 542 g/mol. The molecule has 3 aliphatic rings. The maximum atomic E-state index is 12.9. The van der Waals surface area contributed by atoms with Crippen LogP contribution in [0.25, 0.3) is 5.65 Å². The minimum Gasteiger partial charge on any atom is -0.367 e. The average molecular weight is 572 g/mol. The van der Waals surface area contributed by atoms with Gasteiger partial charge in [-0.05, 0) is 67.3 Å². The number of ether oxygens (including phenoxy) is 1. The number of hydrogen-bond acceptors (Lipinski definition) is 7. The highest BCUT2D eigenvalue weighted by molar-refractivity contribution is 6.30. The Balaban J connectivity index is 1.05. The van der Waals surface area contributed by atoms with Gasteiger partial charge in [0.15, 0.2) is 5.65 Å². The lowest BCUT2D eigenvalue weighted by Gasteiger charge is -2.31. The molecule has 3 unspecified atom stereocenters. The highest BCUT2D eigenvalue weighted by Crippen LogP contribution is 2.48. The molecule has 0 radical (unpaired) electrons. The van der Waals surface area contributed by atoms with Crippen LogP contribution >= 0.6 is 11.6 Å². The van der Waals surface area contributed by atoms with Crippen molar-refractivity contribution in [3.8, 4) is 0 Å². The van der Waals surface area contributed by atoms with Gasteiger partial charge in [0, 0.05) is 35.9 Å². The van der Waals surface area contributed by atoms with Crippen molar-refractivity contribution >= 4 is 46.4 Å². The van der Waals surface area contributed by atoms with E-state index in [1.807, 2.05) is 34.9 Å². The Morgan fingerprint density at radius 3 is 2.80 bits per heavy atom. The van der Waals surface area contributed by atoms with E-state index in [4.69, 9.17) is 21.3 Å². The molecule has 3 aromatic heterocycles. The number of morpholine rings is 1. The summed E-state index contributed by atoms with van der Waals surface area (Å²) >= 11 is 6.11. The third kappa shape index (κ3) is 5.37. The van der Waals surface area contributed by atoms with Crippen molar-refractivity contribution in [2.24, 2.45) is 5.92 Å². The molecule has 210 valence electrons. The van der Waals surface area contributed by atoms with Crippen molar-refractivity contribution in [3.05, 3.63) is 77.0 Å². The molecule has 1 aliphatic heterocycles. The van der Waals surface area contributed by atoms with Gasteiger partial charge in [0.1, 0.15) is 24.1 Å². The van der Waals surface area contributed by atoms with Crippen molar-refractivity contribution in [2.75, 3.05) is 28.7 Å². The molecule has 41 heavy (non-hydrogen) atoms. The van der Waals surface area contributed by atoms with E-state index in [9.17, 15) is 9.59 Å². The minimum absolute atomic E-state index is 0.0468. The van der Waals surface area contributed by atoms with Crippen LogP contribution in [-0.4, -0.2) is 50.4 Å². The summed E-state index contributed by atoms with van der Waals surface area (Å²) in [7, 11) is 0. The van der Waals surface area contributed by atoms with Crippen LogP contribution in [0.4, 0.5) is 17.3 Å².